The molecule has 0 aliphatic heterocycles. The molecule has 0 spiro atoms. The molecule has 1 aromatic carbocycles. The van der Waals surface area contributed by atoms with Gasteiger partial charge in [-0.15, -0.1) is 0 Å². The molecule has 1 heterocycles. The molecular formula is C16H18ClN3O2S2. The van der Waals surface area contributed by atoms with Crippen LogP contribution in [0.15, 0.2) is 40.3 Å². The number of nitrogens with zero attached hydrogens (tertiary/aromatic N) is 1. The van der Waals surface area contributed by atoms with Gasteiger partial charge in [0.25, 0.3) is 5.56 Å². The van der Waals surface area contributed by atoms with Crippen LogP contribution in [0.4, 0.5) is 5.69 Å². The van der Waals surface area contributed by atoms with Gasteiger partial charge >= 0.3 is 0 Å². The van der Waals surface area contributed by atoms with Crippen LogP contribution >= 0.6 is 35.1 Å². The average Bonchev–Trinajstić information content (AvgIpc) is 2.54. The summed E-state index contributed by atoms with van der Waals surface area (Å²) >= 11 is 8.94. The summed E-state index contributed by atoms with van der Waals surface area (Å²) in [4.78, 5) is 31.1. The maximum Gasteiger partial charge on any atom is 0.251 e. The minimum Gasteiger partial charge on any atom is -0.324 e. The molecule has 0 bridgehead atoms. The van der Waals surface area contributed by atoms with Crippen LogP contribution in [0.25, 0.3) is 0 Å². The summed E-state index contributed by atoms with van der Waals surface area (Å²) in [7, 11) is 0. The van der Waals surface area contributed by atoms with Crippen LogP contribution in [-0.2, 0) is 10.5 Å². The highest BCUT2D eigenvalue weighted by Gasteiger charge is 2.17. The SMILES string of the molecule is CCSCc1cc(=O)[nH]c(SC(C)C(=O)Nc2ccccc2Cl)n1. The lowest BCUT2D eigenvalue weighted by Crippen LogP contribution is -2.23. The molecule has 1 atom stereocenters. The molecule has 24 heavy (non-hydrogen) atoms. The molecule has 0 saturated carbocycles. The number of rotatable bonds is 7. The Labute approximate surface area is 154 Å². The second-order valence-electron chi connectivity index (χ2n) is 4.91. The first-order chi connectivity index (χ1) is 11.5. The Morgan fingerprint density at radius 1 is 1.42 bits per heavy atom. The molecule has 1 aromatic heterocycles. The summed E-state index contributed by atoms with van der Waals surface area (Å²) < 4.78 is 0. The van der Waals surface area contributed by atoms with Crippen LogP contribution in [0.2, 0.25) is 5.02 Å². The Balaban J connectivity index is 2.04. The smallest absolute Gasteiger partial charge is 0.251 e. The van der Waals surface area contributed by atoms with Gasteiger partial charge in [0.05, 0.1) is 21.7 Å². The van der Waals surface area contributed by atoms with Gasteiger partial charge in [0, 0.05) is 11.8 Å². The lowest BCUT2D eigenvalue weighted by Gasteiger charge is -2.12. The number of aromatic amines is 1. The molecule has 128 valence electrons. The number of hydrogen-bond donors (Lipinski definition) is 2. The van der Waals surface area contributed by atoms with Crippen LogP contribution < -0.4 is 10.9 Å². The number of carbonyl (C=O) groups excluding carboxylic acids is 1. The van der Waals surface area contributed by atoms with E-state index < -0.39 is 5.25 Å². The van der Waals surface area contributed by atoms with Crippen molar-refractivity contribution in [2.45, 2.75) is 30.0 Å². The minimum atomic E-state index is -0.432. The van der Waals surface area contributed by atoms with Crippen molar-refractivity contribution in [2.75, 3.05) is 11.1 Å². The zero-order valence-corrected chi connectivity index (χ0v) is 15.7. The predicted molar refractivity (Wildman–Crippen MR) is 102 cm³/mol. The maximum absolute atomic E-state index is 12.3. The zero-order valence-electron chi connectivity index (χ0n) is 13.3. The summed E-state index contributed by atoms with van der Waals surface area (Å²) in [6.07, 6.45) is 0. The van der Waals surface area contributed by atoms with Crippen LogP contribution in [0.5, 0.6) is 0 Å². The molecular weight excluding hydrogens is 366 g/mol. The Morgan fingerprint density at radius 3 is 2.88 bits per heavy atom. The van der Waals surface area contributed by atoms with Gasteiger partial charge in [0.2, 0.25) is 5.91 Å². The van der Waals surface area contributed by atoms with E-state index >= 15 is 0 Å². The summed E-state index contributed by atoms with van der Waals surface area (Å²) in [5, 5.41) is 3.27. The summed E-state index contributed by atoms with van der Waals surface area (Å²) in [6.45, 7) is 3.80. The third-order valence-electron chi connectivity index (χ3n) is 3.02. The fourth-order valence-corrected chi connectivity index (χ4v) is 3.41. The number of anilines is 1. The normalized spacial score (nSPS) is 12.0. The van der Waals surface area contributed by atoms with Crippen LogP contribution in [0, 0.1) is 0 Å². The van der Waals surface area contributed by atoms with Crippen molar-refractivity contribution in [2.24, 2.45) is 0 Å². The van der Waals surface area contributed by atoms with Crippen molar-refractivity contribution in [3.05, 3.63) is 51.4 Å². The highest BCUT2D eigenvalue weighted by atomic mass is 35.5. The Morgan fingerprint density at radius 2 is 2.17 bits per heavy atom. The number of aromatic nitrogens is 2. The molecule has 1 amide bonds. The van der Waals surface area contributed by atoms with E-state index in [1.54, 1.807) is 43.0 Å². The Bertz CT molecular complexity index is 767. The van der Waals surface area contributed by atoms with Crippen molar-refractivity contribution in [1.29, 1.82) is 0 Å². The van der Waals surface area contributed by atoms with Crippen molar-refractivity contribution >= 4 is 46.7 Å². The van der Waals surface area contributed by atoms with E-state index in [0.29, 0.717) is 27.3 Å². The van der Waals surface area contributed by atoms with E-state index in [9.17, 15) is 9.59 Å². The van der Waals surface area contributed by atoms with Crippen molar-refractivity contribution in [3.63, 3.8) is 0 Å². The molecule has 5 nitrogen and oxygen atoms in total. The molecule has 2 N–H and O–H groups in total. The lowest BCUT2D eigenvalue weighted by atomic mass is 10.3. The van der Waals surface area contributed by atoms with Crippen molar-refractivity contribution < 1.29 is 4.79 Å². The number of carbonyl (C=O) groups is 1. The predicted octanol–water partition coefficient (Wildman–Crippen LogP) is 3.80. The highest BCUT2D eigenvalue weighted by molar-refractivity contribution is 8.00. The van der Waals surface area contributed by atoms with E-state index in [0.717, 1.165) is 5.75 Å². The van der Waals surface area contributed by atoms with Gasteiger partial charge < -0.3 is 10.3 Å². The first-order valence-electron chi connectivity index (χ1n) is 7.39. The van der Waals surface area contributed by atoms with Gasteiger partial charge in [-0.2, -0.15) is 11.8 Å². The monoisotopic (exact) mass is 383 g/mol. The second-order valence-corrected chi connectivity index (χ2v) is 7.92. The largest absolute Gasteiger partial charge is 0.324 e. The van der Waals surface area contributed by atoms with Gasteiger partial charge in [-0.1, -0.05) is 42.4 Å². The van der Waals surface area contributed by atoms with E-state index in [1.165, 1.54) is 17.8 Å². The molecule has 8 heteroatoms. The van der Waals surface area contributed by atoms with Gasteiger partial charge in [0.1, 0.15) is 0 Å². The number of nitrogens with one attached hydrogen (secondary N) is 2. The van der Waals surface area contributed by atoms with Crippen molar-refractivity contribution in [1.82, 2.24) is 9.97 Å². The van der Waals surface area contributed by atoms with Gasteiger partial charge in [0.15, 0.2) is 5.16 Å². The van der Waals surface area contributed by atoms with E-state index in [1.807, 2.05) is 0 Å². The van der Waals surface area contributed by atoms with Gasteiger partial charge in [-0.25, -0.2) is 4.98 Å². The number of H-pyrrole nitrogens is 1. The van der Waals surface area contributed by atoms with Crippen molar-refractivity contribution in [3.8, 4) is 0 Å². The number of benzene rings is 1. The number of thioether (sulfide) groups is 2. The molecule has 0 fully saturated rings. The Hall–Kier alpha value is -1.44. The number of hydrogen-bond acceptors (Lipinski definition) is 5. The lowest BCUT2D eigenvalue weighted by molar-refractivity contribution is -0.115. The minimum absolute atomic E-state index is 0.205. The van der Waals surface area contributed by atoms with Gasteiger partial charge in [-0.3, -0.25) is 9.59 Å². The standard InChI is InChI=1S/C16H18ClN3O2S2/c1-3-23-9-11-8-14(21)20-16(18-11)24-10(2)15(22)19-13-7-5-4-6-12(13)17/h4-8,10H,3,9H2,1-2H3,(H,19,22)(H,18,20,21). The van der Waals surface area contributed by atoms with Crippen LogP contribution in [0.3, 0.4) is 0 Å². The van der Waals surface area contributed by atoms with Gasteiger partial charge in [-0.05, 0) is 24.8 Å². The third-order valence-corrected chi connectivity index (χ3v) is 5.24. The van der Waals surface area contributed by atoms with E-state index in [2.05, 4.69) is 22.2 Å². The first kappa shape index (κ1) is 18.9. The summed E-state index contributed by atoms with van der Waals surface area (Å²) in [6, 6.07) is 8.53. The second kappa shape index (κ2) is 9.15. The number of para-hydroxylation sites is 1. The number of halogens is 1. The van der Waals surface area contributed by atoms with E-state index in [-0.39, 0.29) is 11.5 Å². The van der Waals surface area contributed by atoms with E-state index in [4.69, 9.17) is 11.6 Å². The molecule has 2 aromatic rings. The average molecular weight is 384 g/mol. The maximum atomic E-state index is 12.3. The van der Waals surface area contributed by atoms with Crippen LogP contribution in [-0.4, -0.2) is 26.9 Å². The molecule has 2 rings (SSSR count). The molecule has 0 saturated heterocycles. The summed E-state index contributed by atoms with van der Waals surface area (Å²) in [5.74, 6) is 1.42. The van der Waals surface area contributed by atoms with Crippen LogP contribution in [0.1, 0.15) is 19.5 Å². The first-order valence-corrected chi connectivity index (χ1v) is 9.81. The molecule has 1 unspecified atom stereocenters. The number of amides is 1. The molecule has 0 radical (unpaired) electrons. The summed E-state index contributed by atoms with van der Waals surface area (Å²) in [5.41, 5.74) is 1.07. The quantitative estimate of drug-likeness (QED) is 0.562. The fraction of sp³-hybridized carbons (Fsp3) is 0.312. The highest BCUT2D eigenvalue weighted by Crippen LogP contribution is 2.24. The topological polar surface area (TPSA) is 74.8 Å². The zero-order chi connectivity index (χ0) is 17.5. The Kier molecular flexibility index (Phi) is 7.20. The fourth-order valence-electron chi connectivity index (χ4n) is 1.84. The third kappa shape index (κ3) is 5.58. The molecule has 0 aliphatic carbocycles. The molecule has 0 aliphatic rings.